The number of rotatable bonds is 11. The minimum Gasteiger partial charge on any atom is -0.506 e. The summed E-state index contributed by atoms with van der Waals surface area (Å²) in [6.45, 7) is 2.59. The van der Waals surface area contributed by atoms with E-state index >= 15 is 0 Å². The largest absolute Gasteiger partial charge is 0.506 e. The van der Waals surface area contributed by atoms with Crippen molar-refractivity contribution in [1.82, 2.24) is 9.55 Å². The number of nitrogens with zero attached hydrogens (tertiary/aromatic N) is 3. The van der Waals surface area contributed by atoms with E-state index < -0.39 is 0 Å². The van der Waals surface area contributed by atoms with Crippen molar-refractivity contribution in [2.24, 2.45) is 7.05 Å². The predicted molar refractivity (Wildman–Crippen MR) is 150 cm³/mol. The summed E-state index contributed by atoms with van der Waals surface area (Å²) >= 11 is 0. The minimum absolute atomic E-state index is 0.0647. The molecule has 7 heteroatoms. The molecule has 4 rings (SSSR count). The maximum atomic E-state index is 13.4. The Bertz CT molecular complexity index is 1520. The standard InChI is InChI=1S/C31H33N3O4/c1-4-5-6-7-8-11-18-38-30-25(20-32)24(21-14-16-22(37-3)17-15-21)19-26(33-30)28-29(35)23-12-9-10-13-27(23)34(2)31(28)36/h9-10,12-17,19,35H,4-8,11,18H2,1-3H3. The van der Waals surface area contributed by atoms with Gasteiger partial charge in [0, 0.05) is 18.0 Å². The number of aromatic hydroxyl groups is 1. The molecule has 0 saturated heterocycles. The summed E-state index contributed by atoms with van der Waals surface area (Å²) in [5.74, 6) is 0.685. The Morgan fingerprint density at radius 2 is 1.74 bits per heavy atom. The molecule has 1 N–H and O–H groups in total. The number of hydrogen-bond acceptors (Lipinski definition) is 6. The van der Waals surface area contributed by atoms with Crippen molar-refractivity contribution in [2.45, 2.75) is 45.4 Å². The number of hydrogen-bond donors (Lipinski definition) is 1. The molecule has 196 valence electrons. The lowest BCUT2D eigenvalue weighted by atomic mass is 9.98. The number of para-hydroxylation sites is 1. The number of pyridine rings is 2. The molecule has 38 heavy (non-hydrogen) atoms. The average molecular weight is 512 g/mol. The van der Waals surface area contributed by atoms with Gasteiger partial charge in [0.2, 0.25) is 5.88 Å². The van der Waals surface area contributed by atoms with E-state index in [4.69, 9.17) is 9.47 Å². The molecular formula is C31H33N3O4. The van der Waals surface area contributed by atoms with E-state index in [1.54, 1.807) is 50.6 Å². The fourth-order valence-electron chi connectivity index (χ4n) is 4.62. The van der Waals surface area contributed by atoms with E-state index in [0.717, 1.165) is 24.8 Å². The molecule has 2 heterocycles. The summed E-state index contributed by atoms with van der Waals surface area (Å²) in [4.78, 5) is 18.0. The Morgan fingerprint density at radius 3 is 2.45 bits per heavy atom. The number of benzene rings is 2. The molecule has 0 radical (unpaired) electrons. The first-order valence-corrected chi connectivity index (χ1v) is 13.0. The van der Waals surface area contributed by atoms with Crippen molar-refractivity contribution in [3.8, 4) is 45.8 Å². The van der Waals surface area contributed by atoms with Crippen LogP contribution in [0.25, 0.3) is 33.3 Å². The third-order valence-electron chi connectivity index (χ3n) is 6.77. The second kappa shape index (κ2) is 12.3. The second-order valence-corrected chi connectivity index (χ2v) is 9.30. The highest BCUT2D eigenvalue weighted by atomic mass is 16.5. The molecule has 0 aliphatic rings. The van der Waals surface area contributed by atoms with Crippen molar-refractivity contribution in [3.05, 3.63) is 70.5 Å². The first-order valence-electron chi connectivity index (χ1n) is 13.0. The Hall–Kier alpha value is -4.31. The van der Waals surface area contributed by atoms with Crippen LogP contribution in [0.3, 0.4) is 0 Å². The molecule has 2 aromatic carbocycles. The van der Waals surface area contributed by atoms with E-state index in [-0.39, 0.29) is 34.0 Å². The van der Waals surface area contributed by atoms with Crippen LogP contribution in [0, 0.1) is 11.3 Å². The summed E-state index contributed by atoms with van der Waals surface area (Å²) in [6, 6.07) is 18.4. The summed E-state index contributed by atoms with van der Waals surface area (Å²) in [5, 5.41) is 21.8. The van der Waals surface area contributed by atoms with Gasteiger partial charge in [-0.1, -0.05) is 63.3 Å². The van der Waals surface area contributed by atoms with Crippen LogP contribution in [0.2, 0.25) is 0 Å². The summed E-state index contributed by atoms with van der Waals surface area (Å²) in [5.41, 5.74) is 2.12. The number of fused-ring (bicyclic) bond motifs is 1. The van der Waals surface area contributed by atoms with Gasteiger partial charge in [-0.3, -0.25) is 4.79 Å². The number of aryl methyl sites for hydroxylation is 1. The fraction of sp³-hybridized carbons (Fsp3) is 0.323. The van der Waals surface area contributed by atoms with E-state index in [1.807, 2.05) is 18.2 Å². The lowest BCUT2D eigenvalue weighted by Crippen LogP contribution is -2.20. The zero-order valence-electron chi connectivity index (χ0n) is 22.2. The molecule has 0 amide bonds. The number of aromatic nitrogens is 2. The number of ether oxygens (including phenoxy) is 2. The number of unbranched alkanes of at least 4 members (excludes halogenated alkanes) is 5. The topological polar surface area (TPSA) is 97.4 Å². The molecule has 0 unspecified atom stereocenters. The molecule has 0 bridgehead atoms. The van der Waals surface area contributed by atoms with Crippen molar-refractivity contribution >= 4 is 10.9 Å². The minimum atomic E-state index is -0.388. The number of nitriles is 1. The molecule has 0 saturated carbocycles. The highest BCUT2D eigenvalue weighted by Crippen LogP contribution is 2.37. The van der Waals surface area contributed by atoms with E-state index in [2.05, 4.69) is 18.0 Å². The van der Waals surface area contributed by atoms with E-state index in [0.29, 0.717) is 28.8 Å². The average Bonchev–Trinajstić information content (AvgIpc) is 2.95. The SMILES string of the molecule is CCCCCCCCOc1nc(-c2c(O)c3ccccc3n(C)c2=O)cc(-c2ccc(OC)cc2)c1C#N. The van der Waals surface area contributed by atoms with E-state index in [9.17, 15) is 15.2 Å². The van der Waals surface area contributed by atoms with Crippen LogP contribution in [0.4, 0.5) is 0 Å². The normalized spacial score (nSPS) is 10.9. The highest BCUT2D eigenvalue weighted by Gasteiger charge is 2.22. The zero-order valence-corrected chi connectivity index (χ0v) is 22.2. The fourth-order valence-corrected chi connectivity index (χ4v) is 4.62. The first kappa shape index (κ1) is 26.7. The molecule has 4 aromatic rings. The van der Waals surface area contributed by atoms with Gasteiger partial charge in [-0.2, -0.15) is 5.26 Å². The summed E-state index contributed by atoms with van der Waals surface area (Å²) in [6.07, 6.45) is 6.60. The van der Waals surface area contributed by atoms with Crippen molar-refractivity contribution in [2.75, 3.05) is 13.7 Å². The predicted octanol–water partition coefficient (Wildman–Crippen LogP) is 6.59. The third-order valence-corrected chi connectivity index (χ3v) is 6.77. The third kappa shape index (κ3) is 5.50. The molecule has 0 spiro atoms. The zero-order chi connectivity index (χ0) is 27.1. The monoisotopic (exact) mass is 511 g/mol. The van der Waals surface area contributed by atoms with Crippen LogP contribution in [-0.4, -0.2) is 28.4 Å². The van der Waals surface area contributed by atoms with Crippen LogP contribution in [0.5, 0.6) is 17.4 Å². The number of methoxy groups -OCH3 is 1. The van der Waals surface area contributed by atoms with Crippen molar-refractivity contribution in [1.29, 1.82) is 5.26 Å². The quantitative estimate of drug-likeness (QED) is 0.228. The molecule has 0 fully saturated rings. The van der Waals surface area contributed by atoms with Gasteiger partial charge in [0.15, 0.2) is 0 Å². The maximum Gasteiger partial charge on any atom is 0.264 e. The lowest BCUT2D eigenvalue weighted by molar-refractivity contribution is 0.293. The van der Waals surface area contributed by atoms with Crippen LogP contribution in [-0.2, 0) is 7.05 Å². The Kier molecular flexibility index (Phi) is 8.65. The smallest absolute Gasteiger partial charge is 0.264 e. The Labute approximate surface area is 222 Å². The van der Waals surface area contributed by atoms with Crippen molar-refractivity contribution < 1.29 is 14.6 Å². The van der Waals surface area contributed by atoms with Crippen LogP contribution in [0.1, 0.15) is 51.0 Å². The molecule has 0 aliphatic carbocycles. The molecular weight excluding hydrogens is 478 g/mol. The van der Waals surface area contributed by atoms with Gasteiger partial charge in [-0.05, 0) is 42.3 Å². The van der Waals surface area contributed by atoms with Gasteiger partial charge in [0.25, 0.3) is 5.56 Å². The molecule has 2 aromatic heterocycles. The molecule has 7 nitrogen and oxygen atoms in total. The van der Waals surface area contributed by atoms with Gasteiger partial charge in [-0.15, -0.1) is 0 Å². The van der Waals surface area contributed by atoms with Gasteiger partial charge in [-0.25, -0.2) is 4.98 Å². The highest BCUT2D eigenvalue weighted by molar-refractivity contribution is 5.92. The van der Waals surface area contributed by atoms with Gasteiger partial charge < -0.3 is 19.1 Å². The van der Waals surface area contributed by atoms with Gasteiger partial charge >= 0.3 is 0 Å². The van der Waals surface area contributed by atoms with Crippen LogP contribution < -0.4 is 15.0 Å². The van der Waals surface area contributed by atoms with Crippen molar-refractivity contribution in [3.63, 3.8) is 0 Å². The molecule has 0 aliphatic heterocycles. The van der Waals surface area contributed by atoms with Crippen LogP contribution in [0.15, 0.2) is 59.4 Å². The Morgan fingerprint density at radius 1 is 1.03 bits per heavy atom. The van der Waals surface area contributed by atoms with E-state index in [1.165, 1.54) is 23.8 Å². The van der Waals surface area contributed by atoms with Gasteiger partial charge in [0.05, 0.1) is 24.9 Å². The molecule has 0 atom stereocenters. The second-order valence-electron chi connectivity index (χ2n) is 9.30. The summed E-state index contributed by atoms with van der Waals surface area (Å²) < 4.78 is 12.8. The summed E-state index contributed by atoms with van der Waals surface area (Å²) in [7, 11) is 3.25. The Balaban J connectivity index is 1.82. The van der Waals surface area contributed by atoms with Crippen LogP contribution >= 0.6 is 0 Å². The maximum absolute atomic E-state index is 13.4. The lowest BCUT2D eigenvalue weighted by Gasteiger charge is -2.16. The van der Waals surface area contributed by atoms with Gasteiger partial charge in [0.1, 0.15) is 28.7 Å². The first-order chi connectivity index (χ1) is 18.5.